The fourth-order valence-electron chi connectivity index (χ4n) is 2.28. The zero-order valence-electron chi connectivity index (χ0n) is 12.1. The molecule has 1 aliphatic rings. The maximum Gasteiger partial charge on any atom is 0.307 e. The summed E-state index contributed by atoms with van der Waals surface area (Å²) in [7, 11) is 1.41. The van der Waals surface area contributed by atoms with Crippen molar-refractivity contribution in [3.63, 3.8) is 0 Å². The Kier molecular flexibility index (Phi) is 5.24. The van der Waals surface area contributed by atoms with Crippen molar-refractivity contribution in [3.8, 4) is 0 Å². The van der Waals surface area contributed by atoms with Crippen LogP contribution in [0.3, 0.4) is 0 Å². The molecule has 0 radical (unpaired) electrons. The van der Waals surface area contributed by atoms with Gasteiger partial charge in [-0.25, -0.2) is 0 Å². The predicted molar refractivity (Wildman–Crippen MR) is 79.2 cm³/mol. The molecule has 1 fully saturated rings. The maximum absolute atomic E-state index is 11.2. The lowest BCUT2D eigenvalue weighted by atomic mass is 10.2. The van der Waals surface area contributed by atoms with Gasteiger partial charge in [-0.3, -0.25) is 4.79 Å². The van der Waals surface area contributed by atoms with Crippen LogP contribution in [0.5, 0.6) is 0 Å². The van der Waals surface area contributed by atoms with Crippen LogP contribution in [-0.4, -0.2) is 45.4 Å². The number of hydrogen-bond donors (Lipinski definition) is 1. The molecule has 5 heteroatoms. The number of nitrogens with one attached hydrogen (secondary N) is 1. The van der Waals surface area contributed by atoms with E-state index in [0.717, 1.165) is 32.0 Å². The first-order valence-corrected chi connectivity index (χ1v) is 6.95. The first-order valence-electron chi connectivity index (χ1n) is 6.95. The van der Waals surface area contributed by atoms with Crippen molar-refractivity contribution in [3.05, 3.63) is 24.3 Å². The number of esters is 1. The lowest BCUT2D eigenvalue weighted by molar-refractivity contribution is -0.140. The third-order valence-electron chi connectivity index (χ3n) is 3.34. The number of morpholine rings is 1. The van der Waals surface area contributed by atoms with E-state index in [2.05, 4.69) is 27.1 Å². The van der Waals surface area contributed by atoms with Crippen molar-refractivity contribution < 1.29 is 14.3 Å². The van der Waals surface area contributed by atoms with E-state index >= 15 is 0 Å². The molecule has 1 aromatic carbocycles. The highest BCUT2D eigenvalue weighted by Crippen LogP contribution is 2.21. The van der Waals surface area contributed by atoms with Gasteiger partial charge in [-0.05, 0) is 25.1 Å². The number of rotatable bonds is 5. The van der Waals surface area contributed by atoms with Gasteiger partial charge in [0.15, 0.2) is 0 Å². The van der Waals surface area contributed by atoms with Crippen molar-refractivity contribution in [1.29, 1.82) is 0 Å². The largest absolute Gasteiger partial charge is 0.469 e. The Hall–Kier alpha value is -1.75. The second-order valence-electron chi connectivity index (χ2n) is 4.98. The molecule has 1 heterocycles. The number of nitrogens with zero attached hydrogens (tertiary/aromatic N) is 1. The minimum absolute atomic E-state index is 0.0439. The number of methoxy groups -OCH3 is 1. The summed E-state index contributed by atoms with van der Waals surface area (Å²) in [6, 6.07) is 8.29. The number of anilines is 2. The van der Waals surface area contributed by atoms with Gasteiger partial charge in [0.25, 0.3) is 0 Å². The van der Waals surface area contributed by atoms with E-state index in [1.54, 1.807) is 0 Å². The van der Waals surface area contributed by atoms with Gasteiger partial charge in [-0.1, -0.05) is 6.07 Å². The Bertz CT molecular complexity index is 444. The molecule has 0 amide bonds. The smallest absolute Gasteiger partial charge is 0.307 e. The minimum atomic E-state index is -0.200. The fraction of sp³-hybridized carbons (Fsp3) is 0.533. The van der Waals surface area contributed by atoms with Crippen molar-refractivity contribution in [2.45, 2.75) is 19.4 Å². The number of carbonyl (C=O) groups excluding carboxylic acids is 1. The summed E-state index contributed by atoms with van der Waals surface area (Å²) in [5.74, 6) is -0.200. The van der Waals surface area contributed by atoms with Gasteiger partial charge < -0.3 is 19.7 Å². The third kappa shape index (κ3) is 4.13. The predicted octanol–water partition coefficient (Wildman–Crippen LogP) is 1.89. The molecule has 0 bridgehead atoms. The maximum atomic E-state index is 11.2. The van der Waals surface area contributed by atoms with E-state index in [4.69, 9.17) is 4.74 Å². The summed E-state index contributed by atoms with van der Waals surface area (Å²) in [6.45, 7) is 5.35. The van der Waals surface area contributed by atoms with Crippen molar-refractivity contribution in [2.75, 3.05) is 43.6 Å². The van der Waals surface area contributed by atoms with Gasteiger partial charge in [-0.2, -0.15) is 0 Å². The van der Waals surface area contributed by atoms with Crippen molar-refractivity contribution in [2.24, 2.45) is 0 Å². The monoisotopic (exact) mass is 278 g/mol. The molecular weight excluding hydrogens is 256 g/mol. The molecule has 1 N–H and O–H groups in total. The highest BCUT2D eigenvalue weighted by atomic mass is 16.5. The summed E-state index contributed by atoms with van der Waals surface area (Å²) >= 11 is 0. The molecular formula is C15H22N2O3. The molecule has 1 saturated heterocycles. The Labute approximate surface area is 119 Å². The first kappa shape index (κ1) is 14.7. The average Bonchev–Trinajstić information content (AvgIpc) is 2.48. The van der Waals surface area contributed by atoms with Gasteiger partial charge in [0.1, 0.15) is 0 Å². The Morgan fingerprint density at radius 1 is 1.45 bits per heavy atom. The Morgan fingerprint density at radius 2 is 2.20 bits per heavy atom. The molecule has 0 spiro atoms. The molecule has 0 aromatic heterocycles. The molecule has 1 atom stereocenters. The summed E-state index contributed by atoms with van der Waals surface area (Å²) in [4.78, 5) is 13.5. The van der Waals surface area contributed by atoms with Crippen LogP contribution in [0.25, 0.3) is 0 Å². The van der Waals surface area contributed by atoms with Crippen LogP contribution >= 0.6 is 0 Å². The first-order chi connectivity index (χ1) is 9.69. The van der Waals surface area contributed by atoms with E-state index in [0.29, 0.717) is 6.42 Å². The molecule has 1 aliphatic heterocycles. The van der Waals surface area contributed by atoms with Crippen LogP contribution in [0.15, 0.2) is 24.3 Å². The van der Waals surface area contributed by atoms with E-state index in [-0.39, 0.29) is 12.0 Å². The van der Waals surface area contributed by atoms with E-state index in [1.807, 2.05) is 19.1 Å². The van der Waals surface area contributed by atoms with Gasteiger partial charge in [0.2, 0.25) is 0 Å². The van der Waals surface area contributed by atoms with Gasteiger partial charge in [0, 0.05) is 30.5 Å². The zero-order chi connectivity index (χ0) is 14.4. The minimum Gasteiger partial charge on any atom is -0.469 e. The second-order valence-corrected chi connectivity index (χ2v) is 4.98. The quantitative estimate of drug-likeness (QED) is 0.834. The average molecular weight is 278 g/mol. The lowest BCUT2D eigenvalue weighted by Gasteiger charge is -2.29. The third-order valence-corrected chi connectivity index (χ3v) is 3.34. The molecule has 5 nitrogen and oxygen atoms in total. The molecule has 0 saturated carbocycles. The standard InChI is InChI=1S/C15H22N2O3/c1-12(10-15(18)19-2)16-13-4-3-5-14(11-13)17-6-8-20-9-7-17/h3-5,11-12,16H,6-10H2,1-2H3. The van der Waals surface area contributed by atoms with Crippen molar-refractivity contribution >= 4 is 17.3 Å². The molecule has 2 rings (SSSR count). The van der Waals surface area contributed by atoms with E-state index in [1.165, 1.54) is 12.8 Å². The molecule has 20 heavy (non-hydrogen) atoms. The molecule has 0 aliphatic carbocycles. The summed E-state index contributed by atoms with van der Waals surface area (Å²) in [5, 5.41) is 3.33. The van der Waals surface area contributed by atoms with Gasteiger partial charge >= 0.3 is 5.97 Å². The normalized spacial score (nSPS) is 16.6. The zero-order valence-corrected chi connectivity index (χ0v) is 12.1. The number of hydrogen-bond acceptors (Lipinski definition) is 5. The number of benzene rings is 1. The molecule has 1 unspecified atom stereocenters. The van der Waals surface area contributed by atoms with Gasteiger partial charge in [-0.15, -0.1) is 0 Å². The van der Waals surface area contributed by atoms with Crippen LogP contribution < -0.4 is 10.2 Å². The Balaban J connectivity index is 1.96. The van der Waals surface area contributed by atoms with Crippen molar-refractivity contribution in [1.82, 2.24) is 0 Å². The fourth-order valence-corrected chi connectivity index (χ4v) is 2.28. The molecule has 110 valence electrons. The van der Waals surface area contributed by atoms with Crippen LogP contribution in [0, 0.1) is 0 Å². The SMILES string of the molecule is COC(=O)CC(C)Nc1cccc(N2CCOCC2)c1. The van der Waals surface area contributed by atoms with Crippen LogP contribution in [-0.2, 0) is 14.3 Å². The topological polar surface area (TPSA) is 50.8 Å². The number of carbonyl (C=O) groups is 1. The molecule has 1 aromatic rings. The van der Waals surface area contributed by atoms with E-state index < -0.39 is 0 Å². The highest BCUT2D eigenvalue weighted by Gasteiger charge is 2.13. The van der Waals surface area contributed by atoms with E-state index in [9.17, 15) is 4.79 Å². The highest BCUT2D eigenvalue weighted by molar-refractivity contribution is 5.70. The lowest BCUT2D eigenvalue weighted by Crippen LogP contribution is -2.36. The van der Waals surface area contributed by atoms with Crippen LogP contribution in [0.2, 0.25) is 0 Å². The van der Waals surface area contributed by atoms with Crippen LogP contribution in [0.1, 0.15) is 13.3 Å². The summed E-state index contributed by atoms with van der Waals surface area (Å²) in [5.41, 5.74) is 2.20. The van der Waals surface area contributed by atoms with Crippen LogP contribution in [0.4, 0.5) is 11.4 Å². The second kappa shape index (κ2) is 7.14. The Morgan fingerprint density at radius 3 is 2.90 bits per heavy atom. The number of ether oxygens (including phenoxy) is 2. The van der Waals surface area contributed by atoms with Gasteiger partial charge in [0.05, 0.1) is 26.7 Å². The summed E-state index contributed by atoms with van der Waals surface area (Å²) in [6.07, 6.45) is 0.359. The summed E-state index contributed by atoms with van der Waals surface area (Å²) < 4.78 is 10.0.